The molecule has 1 rings (SSSR count). The molecule has 0 aromatic carbocycles. The van der Waals surface area contributed by atoms with Crippen molar-refractivity contribution in [3.8, 4) is 0 Å². The molecule has 1 heterocycles. The van der Waals surface area contributed by atoms with Crippen molar-refractivity contribution < 1.29 is 0 Å². The van der Waals surface area contributed by atoms with Gasteiger partial charge in [0.25, 0.3) is 0 Å². The van der Waals surface area contributed by atoms with Crippen molar-refractivity contribution in [2.75, 3.05) is 13.1 Å². The molecule has 0 aliphatic heterocycles. The summed E-state index contributed by atoms with van der Waals surface area (Å²) in [5.74, 6) is 0. The van der Waals surface area contributed by atoms with Crippen molar-refractivity contribution in [1.29, 1.82) is 0 Å². The van der Waals surface area contributed by atoms with Crippen molar-refractivity contribution in [2.24, 2.45) is 5.41 Å². The van der Waals surface area contributed by atoms with Crippen molar-refractivity contribution in [3.63, 3.8) is 0 Å². The third-order valence-electron chi connectivity index (χ3n) is 3.46. The van der Waals surface area contributed by atoms with Gasteiger partial charge in [0.15, 0.2) is 0 Å². The quantitative estimate of drug-likeness (QED) is 0.704. The molecule has 0 unspecified atom stereocenters. The molecule has 1 aromatic rings. The van der Waals surface area contributed by atoms with Crippen LogP contribution in [-0.2, 0) is 6.42 Å². The van der Waals surface area contributed by atoms with Gasteiger partial charge in [0.2, 0.25) is 0 Å². The summed E-state index contributed by atoms with van der Waals surface area (Å²) in [4.78, 5) is 5.59. The van der Waals surface area contributed by atoms with Crippen molar-refractivity contribution in [3.05, 3.63) is 16.6 Å². The van der Waals surface area contributed by atoms with Crippen LogP contribution in [0.4, 0.5) is 0 Å². The molecule has 16 heavy (non-hydrogen) atoms. The lowest BCUT2D eigenvalue weighted by molar-refractivity contribution is 0.248. The fourth-order valence-corrected chi connectivity index (χ4v) is 2.81. The van der Waals surface area contributed by atoms with E-state index in [1.54, 1.807) is 11.3 Å². The molecule has 0 atom stereocenters. The first kappa shape index (κ1) is 13.7. The maximum atomic E-state index is 4.17. The zero-order valence-corrected chi connectivity index (χ0v) is 11.6. The highest BCUT2D eigenvalue weighted by atomic mass is 32.1. The summed E-state index contributed by atoms with van der Waals surface area (Å²) in [6, 6.07) is 0. The summed E-state index contributed by atoms with van der Waals surface area (Å²) in [6.07, 6.45) is 6.87. The molecule has 1 aromatic heterocycles. The SMILES string of the molecule is CCCNCC(CC)(CC)Cc1cncs1. The second-order valence-corrected chi connectivity index (χ2v) is 5.50. The Bertz CT molecular complexity index is 265. The number of thiazole rings is 1. The Hall–Kier alpha value is -0.410. The van der Waals surface area contributed by atoms with Crippen molar-refractivity contribution >= 4 is 11.3 Å². The normalized spacial score (nSPS) is 11.9. The fraction of sp³-hybridized carbons (Fsp3) is 0.769. The van der Waals surface area contributed by atoms with Crippen LogP contribution in [0.3, 0.4) is 0 Å². The Balaban J connectivity index is 2.56. The van der Waals surface area contributed by atoms with E-state index in [0.29, 0.717) is 5.41 Å². The van der Waals surface area contributed by atoms with E-state index >= 15 is 0 Å². The van der Waals surface area contributed by atoms with Gasteiger partial charge in [0, 0.05) is 17.6 Å². The molecule has 92 valence electrons. The average molecular weight is 240 g/mol. The molecule has 0 bridgehead atoms. The minimum absolute atomic E-state index is 0.418. The van der Waals surface area contributed by atoms with Crippen LogP contribution >= 0.6 is 11.3 Å². The van der Waals surface area contributed by atoms with Crippen LogP contribution in [0.15, 0.2) is 11.7 Å². The Morgan fingerprint density at radius 1 is 1.31 bits per heavy atom. The minimum Gasteiger partial charge on any atom is -0.316 e. The van der Waals surface area contributed by atoms with E-state index in [1.165, 1.54) is 30.6 Å². The number of aromatic nitrogens is 1. The summed E-state index contributed by atoms with van der Waals surface area (Å²) in [5.41, 5.74) is 2.35. The summed E-state index contributed by atoms with van der Waals surface area (Å²) >= 11 is 1.78. The molecule has 0 amide bonds. The highest BCUT2D eigenvalue weighted by molar-refractivity contribution is 7.09. The van der Waals surface area contributed by atoms with E-state index in [9.17, 15) is 0 Å². The summed E-state index contributed by atoms with van der Waals surface area (Å²) in [7, 11) is 0. The summed E-state index contributed by atoms with van der Waals surface area (Å²) < 4.78 is 0. The Morgan fingerprint density at radius 2 is 2.06 bits per heavy atom. The largest absolute Gasteiger partial charge is 0.316 e. The molecule has 0 radical (unpaired) electrons. The lowest BCUT2D eigenvalue weighted by atomic mass is 9.78. The Labute approximate surface area is 103 Å². The van der Waals surface area contributed by atoms with E-state index in [1.807, 2.05) is 11.7 Å². The first-order valence-corrected chi connectivity index (χ1v) is 7.22. The molecule has 0 saturated carbocycles. The van der Waals surface area contributed by atoms with Gasteiger partial charge >= 0.3 is 0 Å². The first-order chi connectivity index (χ1) is 7.76. The molecule has 1 N–H and O–H groups in total. The fourth-order valence-electron chi connectivity index (χ4n) is 2.04. The first-order valence-electron chi connectivity index (χ1n) is 6.34. The second-order valence-electron chi connectivity index (χ2n) is 4.53. The number of rotatable bonds is 8. The maximum Gasteiger partial charge on any atom is 0.0794 e. The maximum absolute atomic E-state index is 4.17. The topological polar surface area (TPSA) is 24.9 Å². The number of nitrogens with zero attached hydrogens (tertiary/aromatic N) is 1. The zero-order chi connectivity index (χ0) is 11.9. The average Bonchev–Trinajstić information content (AvgIpc) is 2.81. The predicted molar refractivity (Wildman–Crippen MR) is 72.0 cm³/mol. The van der Waals surface area contributed by atoms with Crippen LogP contribution in [0.1, 0.15) is 44.9 Å². The number of hydrogen-bond donors (Lipinski definition) is 1. The van der Waals surface area contributed by atoms with Gasteiger partial charge in [-0.05, 0) is 37.6 Å². The van der Waals surface area contributed by atoms with Gasteiger partial charge in [0.1, 0.15) is 0 Å². The molecule has 2 nitrogen and oxygen atoms in total. The highest BCUT2D eigenvalue weighted by Crippen LogP contribution is 2.31. The van der Waals surface area contributed by atoms with Crippen LogP contribution in [-0.4, -0.2) is 18.1 Å². The predicted octanol–water partition coefficient (Wildman–Crippen LogP) is 3.49. The molecule has 0 saturated heterocycles. The monoisotopic (exact) mass is 240 g/mol. The molecular formula is C13H24N2S. The van der Waals surface area contributed by atoms with Gasteiger partial charge in [-0.2, -0.15) is 0 Å². The highest BCUT2D eigenvalue weighted by Gasteiger charge is 2.26. The molecule has 0 spiro atoms. The number of nitrogens with one attached hydrogen (secondary N) is 1. The van der Waals surface area contributed by atoms with Gasteiger partial charge in [0.05, 0.1) is 5.51 Å². The zero-order valence-electron chi connectivity index (χ0n) is 10.8. The van der Waals surface area contributed by atoms with Gasteiger partial charge < -0.3 is 5.32 Å². The van der Waals surface area contributed by atoms with Gasteiger partial charge in [-0.1, -0.05) is 20.8 Å². The third-order valence-corrected chi connectivity index (χ3v) is 4.24. The van der Waals surface area contributed by atoms with Crippen molar-refractivity contribution in [1.82, 2.24) is 10.3 Å². The summed E-state index contributed by atoms with van der Waals surface area (Å²) in [5, 5.41) is 3.57. The van der Waals surface area contributed by atoms with E-state index in [0.717, 1.165) is 13.1 Å². The lowest BCUT2D eigenvalue weighted by Gasteiger charge is -2.31. The van der Waals surface area contributed by atoms with E-state index in [-0.39, 0.29) is 0 Å². The Kier molecular flexibility index (Phi) is 5.99. The van der Waals surface area contributed by atoms with Crippen LogP contribution < -0.4 is 5.32 Å². The third kappa shape index (κ3) is 3.87. The van der Waals surface area contributed by atoms with Crippen LogP contribution in [0.2, 0.25) is 0 Å². The van der Waals surface area contributed by atoms with E-state index < -0.39 is 0 Å². The van der Waals surface area contributed by atoms with Crippen molar-refractivity contribution in [2.45, 2.75) is 46.5 Å². The standard InChI is InChI=1S/C13H24N2S/c1-4-7-14-10-13(5-2,6-3)8-12-9-15-11-16-12/h9,11,14H,4-8,10H2,1-3H3. The van der Waals surface area contributed by atoms with Crippen LogP contribution in [0, 0.1) is 5.41 Å². The van der Waals surface area contributed by atoms with Gasteiger partial charge in [-0.15, -0.1) is 11.3 Å². The second kappa shape index (κ2) is 7.02. The number of hydrogen-bond acceptors (Lipinski definition) is 3. The van der Waals surface area contributed by atoms with E-state index in [4.69, 9.17) is 0 Å². The van der Waals surface area contributed by atoms with Crippen LogP contribution in [0.25, 0.3) is 0 Å². The molecule has 0 fully saturated rings. The van der Waals surface area contributed by atoms with E-state index in [2.05, 4.69) is 31.1 Å². The van der Waals surface area contributed by atoms with Gasteiger partial charge in [-0.25, -0.2) is 0 Å². The molecule has 0 aliphatic carbocycles. The van der Waals surface area contributed by atoms with Gasteiger partial charge in [-0.3, -0.25) is 4.98 Å². The molecule has 0 aliphatic rings. The molecule has 3 heteroatoms. The van der Waals surface area contributed by atoms with Crippen LogP contribution in [0.5, 0.6) is 0 Å². The summed E-state index contributed by atoms with van der Waals surface area (Å²) in [6.45, 7) is 9.09. The molecular weight excluding hydrogens is 216 g/mol. The Morgan fingerprint density at radius 3 is 2.56 bits per heavy atom. The lowest BCUT2D eigenvalue weighted by Crippen LogP contribution is -2.35. The minimum atomic E-state index is 0.418. The smallest absolute Gasteiger partial charge is 0.0794 e.